The molecule has 1 N–H and O–H groups in total. The Hall–Kier alpha value is -0.820. The van der Waals surface area contributed by atoms with Crippen molar-refractivity contribution in [2.75, 3.05) is 0 Å². The van der Waals surface area contributed by atoms with Gasteiger partial charge in [0.25, 0.3) is 0 Å². The first kappa shape index (κ1) is 9.41. The molecule has 1 nitrogen and oxygen atoms in total. The molecule has 15 heavy (non-hydrogen) atoms. The zero-order chi connectivity index (χ0) is 10.3. The van der Waals surface area contributed by atoms with Crippen LogP contribution in [0.3, 0.4) is 0 Å². The molecule has 2 aliphatic carbocycles. The lowest BCUT2D eigenvalue weighted by molar-refractivity contribution is 0.687. The third kappa shape index (κ3) is 2.23. The van der Waals surface area contributed by atoms with Gasteiger partial charge in [0.15, 0.2) is 0 Å². The quantitative estimate of drug-likeness (QED) is 0.789. The second-order valence-corrected chi connectivity index (χ2v) is 5.12. The maximum Gasteiger partial charge on any atom is 0.0208 e. The van der Waals surface area contributed by atoms with Crippen LogP contribution in [0.25, 0.3) is 0 Å². The molecule has 0 aliphatic heterocycles. The minimum absolute atomic E-state index is 0.815. The summed E-state index contributed by atoms with van der Waals surface area (Å²) in [6, 6.07) is 7.80. The fraction of sp³-hybridized carbons (Fsp3) is 0.571. The number of hydrogen-bond acceptors (Lipinski definition) is 1. The summed E-state index contributed by atoms with van der Waals surface area (Å²) in [5, 5.41) is 3.58. The highest BCUT2D eigenvalue weighted by molar-refractivity contribution is 5.36. The highest BCUT2D eigenvalue weighted by Crippen LogP contribution is 2.41. The smallest absolute Gasteiger partial charge is 0.0208 e. The normalized spacial score (nSPS) is 20.6. The Morgan fingerprint density at radius 2 is 2.00 bits per heavy atom. The largest absolute Gasteiger partial charge is 0.310 e. The Labute approximate surface area is 91.9 Å². The topological polar surface area (TPSA) is 12.0 Å². The van der Waals surface area contributed by atoms with Crippen molar-refractivity contribution in [3.63, 3.8) is 0 Å². The van der Waals surface area contributed by atoms with Gasteiger partial charge in [0, 0.05) is 12.6 Å². The molecule has 0 saturated heterocycles. The molecular weight excluding hydrogens is 182 g/mol. The Kier molecular flexibility index (Phi) is 2.28. The summed E-state index contributed by atoms with van der Waals surface area (Å²) in [6.45, 7) is 3.30. The fourth-order valence-electron chi connectivity index (χ4n) is 2.18. The van der Waals surface area contributed by atoms with Gasteiger partial charge in [-0.25, -0.2) is 0 Å². The Balaban J connectivity index is 1.72. The van der Waals surface area contributed by atoms with E-state index in [1.165, 1.54) is 36.8 Å². The van der Waals surface area contributed by atoms with Gasteiger partial charge in [0.2, 0.25) is 0 Å². The van der Waals surface area contributed by atoms with E-state index in [1.54, 1.807) is 5.56 Å². The van der Waals surface area contributed by atoms with E-state index in [-0.39, 0.29) is 0 Å². The third-order valence-electron chi connectivity index (χ3n) is 3.53. The zero-order valence-corrected chi connectivity index (χ0v) is 9.42. The van der Waals surface area contributed by atoms with Crippen molar-refractivity contribution in [2.45, 2.75) is 51.1 Å². The fourth-order valence-corrected chi connectivity index (χ4v) is 2.18. The molecule has 0 aromatic heterocycles. The molecule has 80 valence electrons. The molecule has 2 fully saturated rings. The predicted molar refractivity (Wildman–Crippen MR) is 63.0 cm³/mol. The van der Waals surface area contributed by atoms with Crippen LogP contribution in [0.1, 0.15) is 48.3 Å². The summed E-state index contributed by atoms with van der Waals surface area (Å²) in [4.78, 5) is 0. The van der Waals surface area contributed by atoms with Crippen LogP contribution in [-0.4, -0.2) is 6.04 Å². The minimum atomic E-state index is 0.815. The van der Waals surface area contributed by atoms with Gasteiger partial charge in [0.1, 0.15) is 0 Å². The van der Waals surface area contributed by atoms with Crippen LogP contribution in [0.5, 0.6) is 0 Å². The number of nitrogens with one attached hydrogen (secondary N) is 1. The van der Waals surface area contributed by atoms with E-state index in [0.29, 0.717) is 0 Å². The first-order valence-electron chi connectivity index (χ1n) is 6.16. The van der Waals surface area contributed by atoms with Crippen molar-refractivity contribution >= 4 is 0 Å². The number of aryl methyl sites for hydroxylation is 1. The van der Waals surface area contributed by atoms with E-state index in [9.17, 15) is 0 Å². The van der Waals surface area contributed by atoms with Crippen LogP contribution >= 0.6 is 0 Å². The molecule has 2 aliphatic rings. The monoisotopic (exact) mass is 201 g/mol. The molecule has 0 unspecified atom stereocenters. The van der Waals surface area contributed by atoms with Gasteiger partial charge < -0.3 is 5.32 Å². The molecule has 0 amide bonds. The summed E-state index contributed by atoms with van der Waals surface area (Å²) < 4.78 is 0. The van der Waals surface area contributed by atoms with Crippen molar-refractivity contribution in [2.24, 2.45) is 0 Å². The Morgan fingerprint density at radius 1 is 1.20 bits per heavy atom. The lowest BCUT2D eigenvalue weighted by Gasteiger charge is -2.08. The Bertz CT molecular complexity index is 362. The second-order valence-electron chi connectivity index (χ2n) is 5.12. The molecule has 0 heterocycles. The predicted octanol–water partition coefficient (Wildman–Crippen LogP) is 3.12. The molecule has 2 saturated carbocycles. The standard InChI is InChI=1S/C14H19N/c1-10-2-3-11(9-15-13-6-7-13)8-14(10)12-4-5-12/h2-3,8,12-13,15H,4-7,9H2,1H3. The molecule has 0 bridgehead atoms. The van der Waals surface area contributed by atoms with Gasteiger partial charge in [-0.3, -0.25) is 0 Å². The number of hydrogen-bond donors (Lipinski definition) is 1. The van der Waals surface area contributed by atoms with Crippen LogP contribution in [0.4, 0.5) is 0 Å². The van der Waals surface area contributed by atoms with E-state index in [0.717, 1.165) is 18.5 Å². The molecule has 1 heteroatoms. The van der Waals surface area contributed by atoms with Crippen LogP contribution in [0.15, 0.2) is 18.2 Å². The molecule has 0 radical (unpaired) electrons. The van der Waals surface area contributed by atoms with Crippen molar-refractivity contribution in [1.82, 2.24) is 5.32 Å². The molecule has 1 aromatic rings. The Morgan fingerprint density at radius 3 is 2.67 bits per heavy atom. The van der Waals surface area contributed by atoms with E-state index in [2.05, 4.69) is 30.4 Å². The summed E-state index contributed by atoms with van der Waals surface area (Å²) in [5.74, 6) is 0.880. The van der Waals surface area contributed by atoms with E-state index < -0.39 is 0 Å². The third-order valence-corrected chi connectivity index (χ3v) is 3.53. The highest BCUT2D eigenvalue weighted by Gasteiger charge is 2.25. The summed E-state index contributed by atoms with van der Waals surface area (Å²) >= 11 is 0. The molecule has 1 aromatic carbocycles. The minimum Gasteiger partial charge on any atom is -0.310 e. The maximum absolute atomic E-state index is 3.58. The van der Waals surface area contributed by atoms with Crippen molar-refractivity contribution in [3.05, 3.63) is 34.9 Å². The van der Waals surface area contributed by atoms with Crippen molar-refractivity contribution in [1.29, 1.82) is 0 Å². The second kappa shape index (κ2) is 3.64. The number of rotatable bonds is 4. The molecule has 0 spiro atoms. The zero-order valence-electron chi connectivity index (χ0n) is 9.42. The lowest BCUT2D eigenvalue weighted by atomic mass is 10.0. The summed E-state index contributed by atoms with van der Waals surface area (Å²) in [5.41, 5.74) is 4.55. The number of benzene rings is 1. The van der Waals surface area contributed by atoms with Gasteiger partial charge in [-0.1, -0.05) is 18.2 Å². The maximum atomic E-state index is 3.58. The van der Waals surface area contributed by atoms with Gasteiger partial charge in [-0.15, -0.1) is 0 Å². The van der Waals surface area contributed by atoms with Crippen LogP contribution in [0.2, 0.25) is 0 Å². The van der Waals surface area contributed by atoms with Crippen LogP contribution in [-0.2, 0) is 6.54 Å². The molecular formula is C14H19N. The van der Waals surface area contributed by atoms with Crippen LogP contribution in [0, 0.1) is 6.92 Å². The van der Waals surface area contributed by atoms with Gasteiger partial charge >= 0.3 is 0 Å². The molecule has 3 rings (SSSR count). The first-order chi connectivity index (χ1) is 7.33. The highest BCUT2D eigenvalue weighted by atomic mass is 14.9. The SMILES string of the molecule is Cc1ccc(CNC2CC2)cc1C1CC1. The van der Waals surface area contributed by atoms with E-state index >= 15 is 0 Å². The van der Waals surface area contributed by atoms with Gasteiger partial charge in [-0.2, -0.15) is 0 Å². The average molecular weight is 201 g/mol. The van der Waals surface area contributed by atoms with Crippen molar-refractivity contribution < 1.29 is 0 Å². The van der Waals surface area contributed by atoms with Gasteiger partial charge in [0.05, 0.1) is 0 Å². The van der Waals surface area contributed by atoms with Gasteiger partial charge in [-0.05, 0) is 55.2 Å². The average Bonchev–Trinajstić information content (AvgIpc) is 3.11. The van der Waals surface area contributed by atoms with Crippen LogP contribution < -0.4 is 5.32 Å². The summed E-state index contributed by atoms with van der Waals surface area (Å²) in [6.07, 6.45) is 5.56. The van der Waals surface area contributed by atoms with E-state index in [4.69, 9.17) is 0 Å². The summed E-state index contributed by atoms with van der Waals surface area (Å²) in [7, 11) is 0. The van der Waals surface area contributed by atoms with E-state index in [1.807, 2.05) is 0 Å². The van der Waals surface area contributed by atoms with Crippen molar-refractivity contribution in [3.8, 4) is 0 Å². The first-order valence-corrected chi connectivity index (χ1v) is 6.16. The molecule has 0 atom stereocenters. The lowest BCUT2D eigenvalue weighted by Crippen LogP contribution is -2.15.